The number of hydrogen-bond donors (Lipinski definition) is 2. The van der Waals surface area contributed by atoms with E-state index < -0.39 is 9.84 Å². The maximum absolute atomic E-state index is 12.0. The summed E-state index contributed by atoms with van der Waals surface area (Å²) >= 11 is 0. The zero-order chi connectivity index (χ0) is 15.6. The van der Waals surface area contributed by atoms with E-state index in [1.54, 1.807) is 30.3 Å². The number of hydrogen-bond acceptors (Lipinski definition) is 4. The third-order valence-corrected chi connectivity index (χ3v) is 4.45. The van der Waals surface area contributed by atoms with Gasteiger partial charge in [-0.3, -0.25) is 0 Å². The molecule has 2 N–H and O–H groups in total. The smallest absolute Gasteiger partial charge is 0.314 e. The van der Waals surface area contributed by atoms with Gasteiger partial charge in [-0.15, -0.1) is 0 Å². The Labute approximate surface area is 125 Å². The van der Waals surface area contributed by atoms with Gasteiger partial charge in [0, 0.05) is 26.3 Å². The van der Waals surface area contributed by atoms with Crippen molar-refractivity contribution in [2.45, 2.75) is 18.2 Å². The van der Waals surface area contributed by atoms with Crippen LogP contribution in [0.15, 0.2) is 35.2 Å². The first-order chi connectivity index (χ1) is 10.1. The summed E-state index contributed by atoms with van der Waals surface area (Å²) in [6, 6.07) is 7.82. The molecule has 0 fully saturated rings. The molecule has 0 aliphatic rings. The lowest BCUT2D eigenvalue weighted by atomic mass is 10.4. The third-order valence-electron chi connectivity index (χ3n) is 2.71. The summed E-state index contributed by atoms with van der Waals surface area (Å²) in [5.74, 6) is -0.122. The second-order valence-corrected chi connectivity index (χ2v) is 6.47. The highest BCUT2D eigenvalue weighted by Gasteiger charge is 2.13. The van der Waals surface area contributed by atoms with Crippen molar-refractivity contribution in [3.8, 4) is 0 Å². The van der Waals surface area contributed by atoms with Gasteiger partial charge >= 0.3 is 6.03 Å². The van der Waals surface area contributed by atoms with Crippen LogP contribution < -0.4 is 10.6 Å². The summed E-state index contributed by atoms with van der Waals surface area (Å²) < 4.78 is 29.1. The van der Waals surface area contributed by atoms with E-state index >= 15 is 0 Å². The number of urea groups is 1. The fraction of sp³-hybridized carbons (Fsp3) is 0.500. The Morgan fingerprint density at radius 2 is 1.81 bits per heavy atom. The fourth-order valence-corrected chi connectivity index (χ4v) is 2.81. The minimum atomic E-state index is -3.35. The monoisotopic (exact) mass is 314 g/mol. The third kappa shape index (κ3) is 7.10. The second-order valence-electron chi connectivity index (χ2n) is 4.37. The van der Waals surface area contributed by atoms with Gasteiger partial charge in [0.2, 0.25) is 0 Å². The lowest BCUT2D eigenvalue weighted by molar-refractivity contribution is 0.145. The molecule has 7 heteroatoms. The Hall–Kier alpha value is -1.60. The van der Waals surface area contributed by atoms with Crippen molar-refractivity contribution in [1.29, 1.82) is 0 Å². The number of sulfone groups is 1. The van der Waals surface area contributed by atoms with Crippen LogP contribution in [-0.4, -0.2) is 46.5 Å². The normalized spacial score (nSPS) is 11.1. The molecular formula is C14H22N2O4S. The molecule has 6 nitrogen and oxygen atoms in total. The Bertz CT molecular complexity index is 517. The van der Waals surface area contributed by atoms with Crippen molar-refractivity contribution in [2.24, 2.45) is 0 Å². The molecule has 0 saturated heterocycles. The van der Waals surface area contributed by atoms with Crippen molar-refractivity contribution in [1.82, 2.24) is 10.6 Å². The van der Waals surface area contributed by atoms with Gasteiger partial charge in [0.05, 0.1) is 10.6 Å². The standard InChI is InChI=1S/C14H22N2O4S/c1-2-20-11-6-9-15-14(17)16-10-12-21(18,19)13-7-4-3-5-8-13/h3-5,7-8H,2,6,9-12H2,1H3,(H2,15,16,17). The van der Waals surface area contributed by atoms with E-state index in [9.17, 15) is 13.2 Å². The number of amides is 2. The Balaban J connectivity index is 2.22. The molecule has 21 heavy (non-hydrogen) atoms. The summed E-state index contributed by atoms with van der Waals surface area (Å²) in [4.78, 5) is 11.7. The SMILES string of the molecule is CCOCCCNC(=O)NCCS(=O)(=O)c1ccccc1. The predicted octanol–water partition coefficient (Wildman–Crippen LogP) is 1.19. The molecule has 2 amide bonds. The molecule has 0 atom stereocenters. The molecular weight excluding hydrogens is 292 g/mol. The quantitative estimate of drug-likeness (QED) is 0.671. The molecule has 0 bridgehead atoms. The molecule has 0 saturated carbocycles. The fourth-order valence-electron chi connectivity index (χ4n) is 1.63. The highest BCUT2D eigenvalue weighted by molar-refractivity contribution is 7.91. The van der Waals surface area contributed by atoms with Crippen LogP contribution in [-0.2, 0) is 14.6 Å². The van der Waals surface area contributed by atoms with E-state index in [0.29, 0.717) is 19.8 Å². The largest absolute Gasteiger partial charge is 0.382 e. The van der Waals surface area contributed by atoms with Crippen LogP contribution in [0.5, 0.6) is 0 Å². The molecule has 0 aliphatic heterocycles. The first-order valence-corrected chi connectivity index (χ1v) is 8.58. The highest BCUT2D eigenvalue weighted by Crippen LogP contribution is 2.08. The second kappa shape index (κ2) is 9.36. The van der Waals surface area contributed by atoms with Gasteiger partial charge in [-0.2, -0.15) is 0 Å². The minimum absolute atomic E-state index is 0.0779. The van der Waals surface area contributed by atoms with Gasteiger partial charge < -0.3 is 15.4 Å². The van der Waals surface area contributed by atoms with Crippen LogP contribution in [0.2, 0.25) is 0 Å². The van der Waals surface area contributed by atoms with Crippen molar-refractivity contribution in [3.05, 3.63) is 30.3 Å². The van der Waals surface area contributed by atoms with E-state index in [-0.39, 0.29) is 23.2 Å². The first-order valence-electron chi connectivity index (χ1n) is 6.93. The maximum Gasteiger partial charge on any atom is 0.314 e. The summed E-state index contributed by atoms with van der Waals surface area (Å²) in [6.07, 6.45) is 0.726. The van der Waals surface area contributed by atoms with Gasteiger partial charge in [0.15, 0.2) is 9.84 Å². The van der Waals surface area contributed by atoms with Crippen LogP contribution >= 0.6 is 0 Å². The van der Waals surface area contributed by atoms with Gasteiger partial charge in [0.1, 0.15) is 0 Å². The summed E-state index contributed by atoms with van der Waals surface area (Å²) in [5.41, 5.74) is 0. The van der Waals surface area contributed by atoms with Gasteiger partial charge in [0.25, 0.3) is 0 Å². The average Bonchev–Trinajstić information content (AvgIpc) is 2.48. The van der Waals surface area contributed by atoms with Crippen molar-refractivity contribution in [3.63, 3.8) is 0 Å². The van der Waals surface area contributed by atoms with E-state index in [2.05, 4.69) is 10.6 Å². The van der Waals surface area contributed by atoms with Gasteiger partial charge in [-0.05, 0) is 25.5 Å². The molecule has 0 unspecified atom stereocenters. The number of nitrogens with one attached hydrogen (secondary N) is 2. The molecule has 0 aromatic heterocycles. The first kappa shape index (κ1) is 17.5. The summed E-state index contributed by atoms with van der Waals surface area (Å²) in [7, 11) is -3.35. The van der Waals surface area contributed by atoms with Crippen LogP contribution in [0, 0.1) is 0 Å². The van der Waals surface area contributed by atoms with E-state index in [1.165, 1.54) is 0 Å². The molecule has 0 spiro atoms. The lowest BCUT2D eigenvalue weighted by Gasteiger charge is -2.08. The molecule has 118 valence electrons. The van der Waals surface area contributed by atoms with Crippen molar-refractivity contribution in [2.75, 3.05) is 32.1 Å². The van der Waals surface area contributed by atoms with Crippen LogP contribution in [0.1, 0.15) is 13.3 Å². The molecule has 1 aromatic rings. The van der Waals surface area contributed by atoms with Crippen LogP contribution in [0.25, 0.3) is 0 Å². The van der Waals surface area contributed by atoms with Crippen LogP contribution in [0.3, 0.4) is 0 Å². The Kier molecular flexibility index (Phi) is 7.78. The number of benzene rings is 1. The minimum Gasteiger partial charge on any atom is -0.382 e. The number of ether oxygens (including phenoxy) is 1. The number of carbonyl (C=O) groups is 1. The van der Waals surface area contributed by atoms with Crippen molar-refractivity contribution >= 4 is 15.9 Å². The highest BCUT2D eigenvalue weighted by atomic mass is 32.2. The Morgan fingerprint density at radius 1 is 1.14 bits per heavy atom. The molecule has 0 aliphatic carbocycles. The number of rotatable bonds is 9. The summed E-state index contributed by atoms with van der Waals surface area (Å²) in [5, 5.41) is 5.17. The lowest BCUT2D eigenvalue weighted by Crippen LogP contribution is -2.38. The summed E-state index contributed by atoms with van der Waals surface area (Å²) in [6.45, 7) is 3.74. The van der Waals surface area contributed by atoms with Gasteiger partial charge in [-0.1, -0.05) is 18.2 Å². The molecule has 0 heterocycles. The average molecular weight is 314 g/mol. The zero-order valence-corrected chi connectivity index (χ0v) is 13.0. The topological polar surface area (TPSA) is 84.5 Å². The number of carbonyl (C=O) groups excluding carboxylic acids is 1. The zero-order valence-electron chi connectivity index (χ0n) is 12.2. The van der Waals surface area contributed by atoms with E-state index in [4.69, 9.17) is 4.74 Å². The van der Waals surface area contributed by atoms with Gasteiger partial charge in [-0.25, -0.2) is 13.2 Å². The molecule has 1 rings (SSSR count). The predicted molar refractivity (Wildman–Crippen MR) is 81.0 cm³/mol. The maximum atomic E-state index is 12.0. The Morgan fingerprint density at radius 3 is 2.48 bits per heavy atom. The molecule has 0 radical (unpaired) electrons. The van der Waals surface area contributed by atoms with E-state index in [0.717, 1.165) is 6.42 Å². The van der Waals surface area contributed by atoms with Crippen LogP contribution in [0.4, 0.5) is 4.79 Å². The molecule has 1 aromatic carbocycles. The van der Waals surface area contributed by atoms with Crippen molar-refractivity contribution < 1.29 is 17.9 Å². The van der Waals surface area contributed by atoms with E-state index in [1.807, 2.05) is 6.92 Å².